The number of nitrogens with one attached hydrogen (secondary N) is 1. The molecule has 3 saturated carbocycles. The molecule has 2 N–H and O–H groups in total. The second-order valence-corrected chi connectivity index (χ2v) is 11.8. The average molecular weight is 551 g/mol. The van der Waals surface area contributed by atoms with E-state index in [1.807, 2.05) is 11.0 Å². The van der Waals surface area contributed by atoms with Crippen LogP contribution < -0.4 is 5.32 Å². The first-order valence-electron chi connectivity index (χ1n) is 12.5. The molecule has 3 aliphatic carbocycles. The molecule has 196 valence electrons. The predicted molar refractivity (Wildman–Crippen MR) is 135 cm³/mol. The van der Waals surface area contributed by atoms with Gasteiger partial charge in [-0.3, -0.25) is 4.90 Å². The van der Waals surface area contributed by atoms with Crippen molar-refractivity contribution in [2.75, 3.05) is 31.6 Å². The molecule has 4 heterocycles. The fourth-order valence-electron chi connectivity index (χ4n) is 6.58. The third-order valence-electron chi connectivity index (χ3n) is 8.50. The van der Waals surface area contributed by atoms with Gasteiger partial charge in [-0.1, -0.05) is 23.2 Å². The van der Waals surface area contributed by atoms with E-state index >= 15 is 4.39 Å². The number of likely N-dealkylation sites (tertiary alicyclic amines) is 1. The molecule has 0 radical (unpaired) electrons. The van der Waals surface area contributed by atoms with E-state index < -0.39 is 17.9 Å². The van der Waals surface area contributed by atoms with Crippen molar-refractivity contribution >= 4 is 45.7 Å². The molecule has 2 saturated heterocycles. The number of hydrogen-bond donors (Lipinski definition) is 2. The molecule has 12 heteroatoms. The molecular weight excluding hydrogens is 525 g/mol. The van der Waals surface area contributed by atoms with Crippen LogP contribution in [0.3, 0.4) is 0 Å². The molecule has 0 spiro atoms. The second-order valence-electron chi connectivity index (χ2n) is 11.0. The van der Waals surface area contributed by atoms with Gasteiger partial charge in [-0.25, -0.2) is 23.4 Å². The van der Waals surface area contributed by atoms with Crippen LogP contribution in [-0.2, 0) is 10.3 Å². The van der Waals surface area contributed by atoms with Gasteiger partial charge in [0.1, 0.15) is 11.8 Å². The summed E-state index contributed by atoms with van der Waals surface area (Å²) in [5.74, 6) is -0.0536. The minimum Gasteiger partial charge on any atom is -0.389 e. The van der Waals surface area contributed by atoms with E-state index in [4.69, 9.17) is 27.9 Å². The van der Waals surface area contributed by atoms with Crippen LogP contribution in [0.1, 0.15) is 37.2 Å². The zero-order valence-corrected chi connectivity index (χ0v) is 21.4. The maximum Gasteiger partial charge on any atom is 0.227 e. The van der Waals surface area contributed by atoms with Crippen LogP contribution in [0.25, 0.3) is 10.9 Å². The smallest absolute Gasteiger partial charge is 0.227 e. The fourth-order valence-corrected chi connectivity index (χ4v) is 7.21. The summed E-state index contributed by atoms with van der Waals surface area (Å²) in [6.45, 7) is 1.57. The van der Waals surface area contributed by atoms with Crippen LogP contribution in [0.2, 0.25) is 10.2 Å². The summed E-state index contributed by atoms with van der Waals surface area (Å²) in [5, 5.41) is 19.2. The Balaban J connectivity index is 1.11. The highest BCUT2D eigenvalue weighted by molar-refractivity contribution is 6.32. The van der Waals surface area contributed by atoms with E-state index in [2.05, 4.69) is 20.4 Å². The number of fused-ring (bicyclic) bond motifs is 1. The minimum atomic E-state index is -1.14. The minimum absolute atomic E-state index is 0.170. The highest BCUT2D eigenvalue weighted by atomic mass is 35.5. The Labute approximate surface area is 221 Å². The molecule has 5 fully saturated rings. The van der Waals surface area contributed by atoms with Crippen molar-refractivity contribution in [2.45, 2.75) is 61.1 Å². The second kappa shape index (κ2) is 8.44. The lowest BCUT2D eigenvalue weighted by Gasteiger charge is -2.65. The number of nitrogens with zero attached hydrogens (tertiary/aromatic N) is 5. The summed E-state index contributed by atoms with van der Waals surface area (Å²) in [7, 11) is 0. The number of piperidine rings is 1. The molecule has 37 heavy (non-hydrogen) atoms. The van der Waals surface area contributed by atoms with Crippen LogP contribution >= 0.6 is 23.2 Å². The number of rotatable bonds is 5. The van der Waals surface area contributed by atoms with Gasteiger partial charge in [-0.05, 0) is 30.7 Å². The van der Waals surface area contributed by atoms with Crippen LogP contribution in [0.15, 0.2) is 24.5 Å². The maximum atomic E-state index is 15.4. The predicted octanol–water partition coefficient (Wildman–Crippen LogP) is 4.36. The van der Waals surface area contributed by atoms with Crippen LogP contribution in [0.4, 0.5) is 20.4 Å². The van der Waals surface area contributed by atoms with Gasteiger partial charge in [-0.15, -0.1) is 0 Å². The first-order valence-corrected chi connectivity index (χ1v) is 13.3. The van der Waals surface area contributed by atoms with E-state index in [0.717, 1.165) is 5.39 Å². The summed E-state index contributed by atoms with van der Waals surface area (Å²) in [5.41, 5.74) is 0.521. The molecule has 2 aliphatic heterocycles. The van der Waals surface area contributed by atoms with E-state index in [-0.39, 0.29) is 24.0 Å². The summed E-state index contributed by atoms with van der Waals surface area (Å²) in [4.78, 5) is 11.0. The van der Waals surface area contributed by atoms with E-state index in [1.54, 1.807) is 23.1 Å². The number of alkyl halides is 2. The monoisotopic (exact) mass is 550 g/mol. The first-order chi connectivity index (χ1) is 17.7. The Hall–Kier alpha value is -2.11. The molecule has 8 nitrogen and oxygen atoms in total. The normalized spacial score (nSPS) is 35.4. The number of aliphatic hydroxyl groups is 1. The summed E-state index contributed by atoms with van der Waals surface area (Å²) < 4.78 is 36.4. The number of ether oxygens (including phenoxy) is 1. The SMILES string of the molecule is OC1COC[C@H]1N1CC[C@@H](c2cc3nc(Nc4cnn(C56CC(F)(C5)C6)c4Cl)ncc3cc2Cl)C(F)C1. The third kappa shape index (κ3) is 3.83. The number of benzene rings is 1. The summed E-state index contributed by atoms with van der Waals surface area (Å²) in [6, 6.07) is 3.43. The number of halogens is 4. The third-order valence-corrected chi connectivity index (χ3v) is 9.20. The lowest BCUT2D eigenvalue weighted by atomic mass is 9.47. The van der Waals surface area contributed by atoms with E-state index in [1.165, 1.54) is 0 Å². The Bertz CT molecular complexity index is 1370. The van der Waals surface area contributed by atoms with Crippen molar-refractivity contribution in [3.8, 4) is 0 Å². The van der Waals surface area contributed by atoms with Gasteiger partial charge in [0.05, 0.1) is 48.3 Å². The first kappa shape index (κ1) is 24.0. The van der Waals surface area contributed by atoms with Gasteiger partial charge in [0.25, 0.3) is 0 Å². The van der Waals surface area contributed by atoms with Crippen molar-refractivity contribution in [1.82, 2.24) is 24.6 Å². The van der Waals surface area contributed by atoms with Crippen LogP contribution in [-0.4, -0.2) is 80.0 Å². The van der Waals surface area contributed by atoms with E-state index in [9.17, 15) is 9.50 Å². The Kier molecular flexibility index (Phi) is 5.47. The largest absolute Gasteiger partial charge is 0.389 e. The van der Waals surface area contributed by atoms with Crippen molar-refractivity contribution in [3.63, 3.8) is 0 Å². The van der Waals surface area contributed by atoms with Gasteiger partial charge in [-0.2, -0.15) is 5.10 Å². The number of aromatic nitrogens is 4. The molecule has 4 atom stereocenters. The molecule has 2 bridgehead atoms. The lowest BCUT2D eigenvalue weighted by molar-refractivity contribution is -0.203. The molecule has 5 aliphatic rings. The molecular formula is C25H26Cl2F2N6O2. The highest BCUT2D eigenvalue weighted by Crippen LogP contribution is 2.68. The fraction of sp³-hybridized carbons (Fsp3) is 0.560. The lowest BCUT2D eigenvalue weighted by Crippen LogP contribution is -2.70. The Morgan fingerprint density at radius 2 is 1.97 bits per heavy atom. The average Bonchev–Trinajstić information content (AvgIpc) is 3.42. The van der Waals surface area contributed by atoms with Crippen LogP contribution in [0.5, 0.6) is 0 Å². The van der Waals surface area contributed by atoms with Crippen molar-refractivity contribution in [1.29, 1.82) is 0 Å². The van der Waals surface area contributed by atoms with Gasteiger partial charge in [0, 0.05) is 48.3 Å². The molecule has 0 amide bonds. The zero-order valence-electron chi connectivity index (χ0n) is 19.9. The molecule has 3 aromatic rings. The van der Waals surface area contributed by atoms with Crippen molar-refractivity contribution < 1.29 is 18.6 Å². The maximum absolute atomic E-state index is 15.4. The number of hydrogen-bond acceptors (Lipinski definition) is 7. The topological polar surface area (TPSA) is 88.3 Å². The van der Waals surface area contributed by atoms with Crippen LogP contribution in [0, 0.1) is 0 Å². The zero-order chi connectivity index (χ0) is 25.5. The van der Waals surface area contributed by atoms with Gasteiger partial charge in [0.15, 0.2) is 5.15 Å². The summed E-state index contributed by atoms with van der Waals surface area (Å²) >= 11 is 13.2. The quantitative estimate of drug-likeness (QED) is 0.487. The Morgan fingerprint density at radius 3 is 2.68 bits per heavy atom. The number of anilines is 2. The molecule has 8 rings (SSSR count). The molecule has 1 aromatic carbocycles. The van der Waals surface area contributed by atoms with Crippen molar-refractivity contribution in [3.05, 3.63) is 40.3 Å². The number of aliphatic hydroxyl groups excluding tert-OH is 1. The van der Waals surface area contributed by atoms with Gasteiger partial charge < -0.3 is 15.2 Å². The van der Waals surface area contributed by atoms with Gasteiger partial charge in [0.2, 0.25) is 5.95 Å². The molecule has 2 unspecified atom stereocenters. The van der Waals surface area contributed by atoms with E-state index in [0.29, 0.717) is 78.3 Å². The molecule has 2 aromatic heterocycles. The van der Waals surface area contributed by atoms with Crippen molar-refractivity contribution in [2.24, 2.45) is 0 Å². The van der Waals surface area contributed by atoms with Gasteiger partial charge >= 0.3 is 0 Å². The highest BCUT2D eigenvalue weighted by Gasteiger charge is 2.71. The standard InChI is InChI=1S/C25H26Cl2F2N6O2/c26-16-3-13-5-30-23(33-19-6-31-35(22(19)27)25-10-24(29,11-25)12-25)32-18(13)4-15(16)14-1-2-34(7-17(14)28)20-8-37-9-21(20)36/h3-6,14,17,20-21,36H,1-2,7-12H2,(H,30,32,33)/t14-,17?,20+,21?,24?,25?/m0/s1. The Morgan fingerprint density at radius 1 is 1.16 bits per heavy atom. The summed E-state index contributed by atoms with van der Waals surface area (Å²) in [6.07, 6.45) is 3.44.